The van der Waals surface area contributed by atoms with Gasteiger partial charge in [-0.1, -0.05) is 0 Å². The maximum absolute atomic E-state index is 11.4. The van der Waals surface area contributed by atoms with Crippen LogP contribution < -0.4 is 5.32 Å². The van der Waals surface area contributed by atoms with Crippen molar-refractivity contribution in [1.29, 1.82) is 0 Å². The summed E-state index contributed by atoms with van der Waals surface area (Å²) in [6, 6.07) is 3.67. The normalized spacial score (nSPS) is 10.1. The van der Waals surface area contributed by atoms with E-state index in [1.54, 1.807) is 12.5 Å². The standard InChI is InChI=1S/C10H10N2O2S/c13-9(12-10-11-5-7-15-10)4-3-8-2-1-6-14-8/h1-2,5-7H,3-4H2,(H,11,12,13). The molecule has 2 heterocycles. The molecule has 78 valence electrons. The van der Waals surface area contributed by atoms with Crippen molar-refractivity contribution < 1.29 is 9.21 Å². The Morgan fingerprint density at radius 1 is 1.60 bits per heavy atom. The molecule has 2 aromatic rings. The number of carbonyl (C=O) groups excluding carboxylic acids is 1. The summed E-state index contributed by atoms with van der Waals surface area (Å²) in [4.78, 5) is 15.4. The number of amides is 1. The number of nitrogens with zero attached hydrogens (tertiary/aromatic N) is 1. The van der Waals surface area contributed by atoms with Crippen LogP contribution in [0.2, 0.25) is 0 Å². The highest BCUT2D eigenvalue weighted by Gasteiger charge is 2.05. The molecule has 0 unspecified atom stereocenters. The van der Waals surface area contributed by atoms with E-state index in [-0.39, 0.29) is 5.91 Å². The lowest BCUT2D eigenvalue weighted by Gasteiger charge is -1.99. The van der Waals surface area contributed by atoms with Gasteiger partial charge < -0.3 is 9.73 Å². The smallest absolute Gasteiger partial charge is 0.226 e. The Labute approximate surface area is 90.9 Å². The van der Waals surface area contributed by atoms with Gasteiger partial charge in [0.15, 0.2) is 5.13 Å². The van der Waals surface area contributed by atoms with Crippen molar-refractivity contribution in [3.05, 3.63) is 35.7 Å². The third-order valence-corrected chi connectivity index (χ3v) is 2.55. The number of hydrogen-bond donors (Lipinski definition) is 1. The second-order valence-electron chi connectivity index (χ2n) is 2.96. The van der Waals surface area contributed by atoms with E-state index in [0.29, 0.717) is 18.0 Å². The predicted octanol–water partition coefficient (Wildman–Crippen LogP) is 2.31. The zero-order valence-corrected chi connectivity index (χ0v) is 8.79. The molecule has 5 heteroatoms. The highest BCUT2D eigenvalue weighted by Crippen LogP contribution is 2.11. The van der Waals surface area contributed by atoms with Crippen LogP contribution in [0.4, 0.5) is 5.13 Å². The molecule has 0 saturated heterocycles. The summed E-state index contributed by atoms with van der Waals surface area (Å²) in [5, 5.41) is 5.17. The Morgan fingerprint density at radius 2 is 2.53 bits per heavy atom. The predicted molar refractivity (Wildman–Crippen MR) is 57.8 cm³/mol. The van der Waals surface area contributed by atoms with Crippen LogP contribution in [0.1, 0.15) is 12.2 Å². The van der Waals surface area contributed by atoms with Gasteiger partial charge in [0, 0.05) is 24.4 Å². The van der Waals surface area contributed by atoms with Crippen LogP contribution >= 0.6 is 11.3 Å². The van der Waals surface area contributed by atoms with Crippen molar-refractivity contribution in [2.45, 2.75) is 12.8 Å². The minimum Gasteiger partial charge on any atom is -0.469 e. The summed E-state index contributed by atoms with van der Waals surface area (Å²) in [6.45, 7) is 0. The molecule has 15 heavy (non-hydrogen) atoms. The van der Waals surface area contributed by atoms with Crippen LogP contribution in [0, 0.1) is 0 Å². The number of rotatable bonds is 4. The van der Waals surface area contributed by atoms with Gasteiger partial charge in [0.25, 0.3) is 0 Å². The second kappa shape index (κ2) is 4.75. The van der Waals surface area contributed by atoms with E-state index in [9.17, 15) is 4.79 Å². The fourth-order valence-electron chi connectivity index (χ4n) is 1.16. The quantitative estimate of drug-likeness (QED) is 0.863. The summed E-state index contributed by atoms with van der Waals surface area (Å²) in [7, 11) is 0. The number of hydrogen-bond acceptors (Lipinski definition) is 4. The zero-order chi connectivity index (χ0) is 10.5. The summed E-state index contributed by atoms with van der Waals surface area (Å²) >= 11 is 1.41. The van der Waals surface area contributed by atoms with Crippen molar-refractivity contribution >= 4 is 22.4 Å². The van der Waals surface area contributed by atoms with Gasteiger partial charge >= 0.3 is 0 Å². The summed E-state index contributed by atoms with van der Waals surface area (Å²) < 4.78 is 5.13. The van der Waals surface area contributed by atoms with Gasteiger partial charge in [-0.2, -0.15) is 0 Å². The molecule has 0 bridgehead atoms. The molecule has 1 amide bonds. The molecule has 0 saturated carbocycles. The summed E-state index contributed by atoms with van der Waals surface area (Å²) in [6.07, 6.45) is 4.29. The second-order valence-corrected chi connectivity index (χ2v) is 3.86. The van der Waals surface area contributed by atoms with Crippen LogP contribution in [0.5, 0.6) is 0 Å². The average Bonchev–Trinajstić information content (AvgIpc) is 2.86. The van der Waals surface area contributed by atoms with Crippen LogP contribution in [-0.2, 0) is 11.2 Å². The number of aryl methyl sites for hydroxylation is 1. The molecular weight excluding hydrogens is 212 g/mol. The van der Waals surface area contributed by atoms with Crippen molar-refractivity contribution in [2.75, 3.05) is 5.32 Å². The summed E-state index contributed by atoms with van der Waals surface area (Å²) in [5.74, 6) is 0.783. The number of furan rings is 1. The zero-order valence-electron chi connectivity index (χ0n) is 7.97. The molecule has 0 aliphatic heterocycles. The fraction of sp³-hybridized carbons (Fsp3) is 0.200. The molecule has 0 fully saturated rings. The fourth-order valence-corrected chi connectivity index (χ4v) is 1.70. The first-order chi connectivity index (χ1) is 7.34. The molecule has 2 rings (SSSR count). The van der Waals surface area contributed by atoms with E-state index in [4.69, 9.17) is 4.42 Å². The van der Waals surface area contributed by atoms with E-state index < -0.39 is 0 Å². The lowest BCUT2D eigenvalue weighted by atomic mass is 10.2. The monoisotopic (exact) mass is 222 g/mol. The Morgan fingerprint density at radius 3 is 3.20 bits per heavy atom. The first-order valence-corrected chi connectivity index (χ1v) is 5.44. The van der Waals surface area contributed by atoms with Gasteiger partial charge in [0.05, 0.1) is 6.26 Å². The number of anilines is 1. The van der Waals surface area contributed by atoms with Gasteiger partial charge in [0.2, 0.25) is 5.91 Å². The van der Waals surface area contributed by atoms with E-state index in [2.05, 4.69) is 10.3 Å². The minimum absolute atomic E-state index is 0.0404. The molecule has 0 spiro atoms. The molecule has 0 radical (unpaired) electrons. The third-order valence-electron chi connectivity index (χ3n) is 1.86. The molecule has 2 aromatic heterocycles. The van der Waals surface area contributed by atoms with Crippen molar-refractivity contribution in [3.63, 3.8) is 0 Å². The van der Waals surface area contributed by atoms with Gasteiger partial charge in [-0.25, -0.2) is 4.98 Å². The topological polar surface area (TPSA) is 55.1 Å². The van der Waals surface area contributed by atoms with E-state index in [0.717, 1.165) is 5.76 Å². The van der Waals surface area contributed by atoms with Crippen LogP contribution in [-0.4, -0.2) is 10.9 Å². The van der Waals surface area contributed by atoms with Gasteiger partial charge in [-0.15, -0.1) is 11.3 Å². The number of carbonyl (C=O) groups is 1. The van der Waals surface area contributed by atoms with Gasteiger partial charge in [-0.05, 0) is 12.1 Å². The molecule has 4 nitrogen and oxygen atoms in total. The Balaban J connectivity index is 1.78. The first kappa shape index (κ1) is 9.92. The van der Waals surface area contributed by atoms with Gasteiger partial charge in [0.1, 0.15) is 5.76 Å². The van der Waals surface area contributed by atoms with E-state index in [1.807, 2.05) is 17.5 Å². The van der Waals surface area contributed by atoms with Crippen LogP contribution in [0.25, 0.3) is 0 Å². The largest absolute Gasteiger partial charge is 0.469 e. The molecule has 0 atom stereocenters. The van der Waals surface area contributed by atoms with Gasteiger partial charge in [-0.3, -0.25) is 4.79 Å². The molecule has 1 N–H and O–H groups in total. The maximum Gasteiger partial charge on any atom is 0.226 e. The third kappa shape index (κ3) is 2.92. The molecular formula is C10H10N2O2S. The minimum atomic E-state index is -0.0404. The highest BCUT2D eigenvalue weighted by atomic mass is 32.1. The van der Waals surface area contributed by atoms with Crippen LogP contribution in [0.15, 0.2) is 34.4 Å². The molecule has 0 aromatic carbocycles. The molecule has 0 aliphatic carbocycles. The lowest BCUT2D eigenvalue weighted by Crippen LogP contribution is -2.11. The van der Waals surface area contributed by atoms with Crippen molar-refractivity contribution in [2.24, 2.45) is 0 Å². The number of aromatic nitrogens is 1. The van der Waals surface area contributed by atoms with E-state index >= 15 is 0 Å². The molecule has 0 aliphatic rings. The lowest BCUT2D eigenvalue weighted by molar-refractivity contribution is -0.116. The number of nitrogens with one attached hydrogen (secondary N) is 1. The Hall–Kier alpha value is -1.62. The maximum atomic E-state index is 11.4. The summed E-state index contributed by atoms with van der Waals surface area (Å²) in [5.41, 5.74) is 0. The number of thiazole rings is 1. The average molecular weight is 222 g/mol. The first-order valence-electron chi connectivity index (χ1n) is 4.56. The Bertz CT molecular complexity index is 409. The van der Waals surface area contributed by atoms with Crippen LogP contribution in [0.3, 0.4) is 0 Å². The highest BCUT2D eigenvalue weighted by molar-refractivity contribution is 7.13. The van der Waals surface area contributed by atoms with Crippen molar-refractivity contribution in [1.82, 2.24) is 4.98 Å². The SMILES string of the molecule is O=C(CCc1ccco1)Nc1nccs1. The Kier molecular flexibility index (Phi) is 3.14. The van der Waals surface area contributed by atoms with Crippen molar-refractivity contribution in [3.8, 4) is 0 Å². The van der Waals surface area contributed by atoms with E-state index in [1.165, 1.54) is 11.3 Å².